The molecule has 0 atom stereocenters. The van der Waals surface area contributed by atoms with Crippen molar-refractivity contribution in [2.45, 2.75) is 11.4 Å². The van der Waals surface area contributed by atoms with Crippen LogP contribution in [0.1, 0.15) is 5.56 Å². The molecule has 0 bridgehead atoms. The molecule has 0 aromatic heterocycles. The van der Waals surface area contributed by atoms with Gasteiger partial charge < -0.3 is 0 Å². The molecule has 0 amide bonds. The summed E-state index contributed by atoms with van der Waals surface area (Å²) in [6, 6.07) is 9.08. The smallest absolute Gasteiger partial charge is 0.249 e. The molecule has 0 aliphatic carbocycles. The Hall–Kier alpha value is -1.90. The lowest BCUT2D eigenvalue weighted by Gasteiger charge is -2.34. The molecule has 0 saturated carbocycles. The van der Waals surface area contributed by atoms with E-state index >= 15 is 0 Å². The highest BCUT2D eigenvalue weighted by atomic mass is 32.2. The number of sulfonamides is 1. The van der Waals surface area contributed by atoms with Crippen LogP contribution in [0.3, 0.4) is 0 Å². The average Bonchev–Trinajstić information content (AvgIpc) is 2.57. The van der Waals surface area contributed by atoms with Gasteiger partial charge in [0.05, 0.1) is 0 Å². The summed E-state index contributed by atoms with van der Waals surface area (Å²) in [5.41, 5.74) is 0.915. The maximum Gasteiger partial charge on any atom is 0.249 e. The van der Waals surface area contributed by atoms with Gasteiger partial charge in [-0.3, -0.25) is 4.90 Å². The molecular weight excluding hydrogens is 353 g/mol. The molecule has 1 aliphatic heterocycles. The fourth-order valence-electron chi connectivity index (χ4n) is 2.83. The predicted octanol–water partition coefficient (Wildman–Crippen LogP) is 2.61. The van der Waals surface area contributed by atoms with Gasteiger partial charge in [-0.05, 0) is 29.8 Å². The lowest BCUT2D eigenvalue weighted by molar-refractivity contribution is 0.181. The molecular formula is C17H17F3N2O2S. The third-order valence-electron chi connectivity index (χ3n) is 4.17. The van der Waals surface area contributed by atoms with Crippen molar-refractivity contribution in [1.29, 1.82) is 0 Å². The Morgan fingerprint density at radius 3 is 1.96 bits per heavy atom. The standard InChI is InChI=1S/C17H17F3N2O2S/c18-14-6-4-13(5-7-14)12-21-8-10-22(11-9-21)25(23,24)17-15(19)2-1-3-16(17)20/h1-7H,8-12H2. The van der Waals surface area contributed by atoms with Gasteiger partial charge in [-0.15, -0.1) is 0 Å². The fourth-order valence-corrected chi connectivity index (χ4v) is 4.37. The molecule has 2 aromatic carbocycles. The second-order valence-corrected chi connectivity index (χ2v) is 7.73. The highest BCUT2D eigenvalue weighted by molar-refractivity contribution is 7.89. The highest BCUT2D eigenvalue weighted by Gasteiger charge is 2.32. The van der Waals surface area contributed by atoms with Gasteiger partial charge in [0.15, 0.2) is 4.90 Å². The van der Waals surface area contributed by atoms with Crippen molar-refractivity contribution in [3.8, 4) is 0 Å². The molecule has 1 aliphatic rings. The summed E-state index contributed by atoms with van der Waals surface area (Å²) in [5.74, 6) is -2.49. The lowest BCUT2D eigenvalue weighted by Crippen LogP contribution is -2.48. The third-order valence-corrected chi connectivity index (χ3v) is 6.12. The molecule has 0 unspecified atom stereocenters. The van der Waals surface area contributed by atoms with E-state index in [9.17, 15) is 21.6 Å². The minimum Gasteiger partial charge on any atom is -0.296 e. The van der Waals surface area contributed by atoms with E-state index in [2.05, 4.69) is 0 Å². The molecule has 4 nitrogen and oxygen atoms in total. The van der Waals surface area contributed by atoms with Crippen molar-refractivity contribution in [2.75, 3.05) is 26.2 Å². The van der Waals surface area contributed by atoms with Gasteiger partial charge in [0.25, 0.3) is 0 Å². The summed E-state index contributed by atoms with van der Waals surface area (Å²) in [6.07, 6.45) is 0. The quantitative estimate of drug-likeness (QED) is 0.831. The summed E-state index contributed by atoms with van der Waals surface area (Å²) in [6.45, 7) is 1.68. The Morgan fingerprint density at radius 1 is 0.840 bits per heavy atom. The van der Waals surface area contributed by atoms with Crippen LogP contribution >= 0.6 is 0 Å². The summed E-state index contributed by atoms with van der Waals surface area (Å²) < 4.78 is 66.7. The number of hydrogen-bond acceptors (Lipinski definition) is 3. The van der Waals surface area contributed by atoms with Crippen LogP contribution in [-0.2, 0) is 16.6 Å². The summed E-state index contributed by atoms with van der Waals surface area (Å²) in [5, 5.41) is 0. The van der Waals surface area contributed by atoms with E-state index in [4.69, 9.17) is 0 Å². The first-order valence-electron chi connectivity index (χ1n) is 7.79. The Balaban J connectivity index is 1.68. The van der Waals surface area contributed by atoms with E-state index in [0.717, 1.165) is 28.1 Å². The molecule has 0 spiro atoms. The Kier molecular flexibility index (Phi) is 5.12. The molecule has 1 fully saturated rings. The van der Waals surface area contributed by atoms with Crippen molar-refractivity contribution in [3.63, 3.8) is 0 Å². The van der Waals surface area contributed by atoms with Crippen molar-refractivity contribution in [2.24, 2.45) is 0 Å². The fraction of sp³-hybridized carbons (Fsp3) is 0.294. The number of benzene rings is 2. The number of hydrogen-bond donors (Lipinski definition) is 0. The second kappa shape index (κ2) is 7.15. The Morgan fingerprint density at radius 2 is 1.40 bits per heavy atom. The first kappa shape index (κ1) is 17.9. The maximum atomic E-state index is 13.8. The zero-order valence-corrected chi connectivity index (χ0v) is 14.1. The van der Waals surface area contributed by atoms with Crippen LogP contribution in [0, 0.1) is 17.5 Å². The molecule has 25 heavy (non-hydrogen) atoms. The minimum atomic E-state index is -4.22. The zero-order chi connectivity index (χ0) is 18.0. The number of rotatable bonds is 4. The summed E-state index contributed by atoms with van der Waals surface area (Å²) in [4.78, 5) is 1.11. The maximum absolute atomic E-state index is 13.8. The first-order valence-corrected chi connectivity index (χ1v) is 9.23. The van der Waals surface area contributed by atoms with Gasteiger partial charge in [-0.25, -0.2) is 21.6 Å². The summed E-state index contributed by atoms with van der Waals surface area (Å²) in [7, 11) is -4.22. The van der Waals surface area contributed by atoms with Crippen LogP contribution in [-0.4, -0.2) is 43.8 Å². The average molecular weight is 370 g/mol. The van der Waals surface area contributed by atoms with Gasteiger partial charge >= 0.3 is 0 Å². The van der Waals surface area contributed by atoms with E-state index in [0.29, 0.717) is 19.6 Å². The molecule has 0 N–H and O–H groups in total. The molecule has 1 heterocycles. The van der Waals surface area contributed by atoms with Crippen LogP contribution in [0.15, 0.2) is 47.4 Å². The van der Waals surface area contributed by atoms with Gasteiger partial charge in [-0.1, -0.05) is 18.2 Å². The van der Waals surface area contributed by atoms with E-state index in [1.54, 1.807) is 12.1 Å². The SMILES string of the molecule is O=S(=O)(c1c(F)cccc1F)N1CCN(Cc2ccc(F)cc2)CC1. The van der Waals surface area contributed by atoms with E-state index in [1.807, 2.05) is 4.90 Å². The predicted molar refractivity (Wildman–Crippen MR) is 86.8 cm³/mol. The Labute approximate surface area is 144 Å². The van der Waals surface area contributed by atoms with Crippen molar-refractivity contribution >= 4 is 10.0 Å². The zero-order valence-electron chi connectivity index (χ0n) is 13.3. The molecule has 1 saturated heterocycles. The van der Waals surface area contributed by atoms with Gasteiger partial charge in [-0.2, -0.15) is 4.31 Å². The molecule has 0 radical (unpaired) electrons. The Bertz CT molecular complexity index is 828. The largest absolute Gasteiger partial charge is 0.296 e. The number of nitrogens with zero attached hydrogens (tertiary/aromatic N) is 2. The normalized spacial score (nSPS) is 16.9. The first-order chi connectivity index (χ1) is 11.9. The van der Waals surface area contributed by atoms with Crippen LogP contribution < -0.4 is 0 Å². The third kappa shape index (κ3) is 3.86. The lowest BCUT2D eigenvalue weighted by atomic mass is 10.2. The van der Waals surface area contributed by atoms with E-state index in [-0.39, 0.29) is 18.9 Å². The van der Waals surface area contributed by atoms with Crippen molar-refractivity contribution in [1.82, 2.24) is 9.21 Å². The van der Waals surface area contributed by atoms with Crippen LogP contribution in [0.25, 0.3) is 0 Å². The van der Waals surface area contributed by atoms with Crippen LogP contribution in [0.5, 0.6) is 0 Å². The van der Waals surface area contributed by atoms with Gasteiger partial charge in [0.2, 0.25) is 10.0 Å². The van der Waals surface area contributed by atoms with E-state index in [1.165, 1.54) is 12.1 Å². The molecule has 2 aromatic rings. The van der Waals surface area contributed by atoms with Gasteiger partial charge in [0, 0.05) is 32.7 Å². The number of piperazine rings is 1. The monoisotopic (exact) mass is 370 g/mol. The van der Waals surface area contributed by atoms with Crippen LogP contribution in [0.2, 0.25) is 0 Å². The second-order valence-electron chi connectivity index (χ2n) is 5.86. The highest BCUT2D eigenvalue weighted by Crippen LogP contribution is 2.23. The molecule has 3 rings (SSSR count). The van der Waals surface area contributed by atoms with E-state index < -0.39 is 26.6 Å². The van der Waals surface area contributed by atoms with Gasteiger partial charge in [0.1, 0.15) is 17.5 Å². The topological polar surface area (TPSA) is 40.6 Å². The number of halogens is 3. The summed E-state index contributed by atoms with van der Waals surface area (Å²) >= 11 is 0. The molecule has 8 heteroatoms. The van der Waals surface area contributed by atoms with Crippen molar-refractivity contribution < 1.29 is 21.6 Å². The van der Waals surface area contributed by atoms with Crippen molar-refractivity contribution in [3.05, 3.63) is 65.5 Å². The van der Waals surface area contributed by atoms with Crippen LogP contribution in [0.4, 0.5) is 13.2 Å². The molecule has 134 valence electrons. The minimum absolute atomic E-state index is 0.136.